The molecule has 2 aliphatic heterocycles. The van der Waals surface area contributed by atoms with Gasteiger partial charge in [0.15, 0.2) is 10.9 Å². The van der Waals surface area contributed by atoms with Gasteiger partial charge in [0, 0.05) is 11.5 Å². The van der Waals surface area contributed by atoms with Gasteiger partial charge in [0.25, 0.3) is 11.8 Å². The Morgan fingerprint density at radius 3 is 2.75 bits per heavy atom. The molecule has 0 spiro atoms. The number of fused-ring (bicyclic) bond motifs is 1. The summed E-state index contributed by atoms with van der Waals surface area (Å²) in [6, 6.07) is 4.37. The zero-order valence-electron chi connectivity index (χ0n) is 16.6. The summed E-state index contributed by atoms with van der Waals surface area (Å²) >= 11 is 4.19. The molecule has 0 bridgehead atoms. The van der Waals surface area contributed by atoms with E-state index in [0.29, 0.717) is 22.8 Å². The maximum Gasteiger partial charge on any atom is 0.352 e. The number of aliphatic carboxylic acids is 1. The summed E-state index contributed by atoms with van der Waals surface area (Å²) < 4.78 is 19.0. The zero-order valence-corrected chi connectivity index (χ0v) is 19.1. The minimum Gasteiger partial charge on any atom is -0.484 e. The highest BCUT2D eigenvalue weighted by molar-refractivity contribution is 8.01. The number of ether oxygens (including phenoxy) is 1. The van der Waals surface area contributed by atoms with Gasteiger partial charge in [0.2, 0.25) is 0 Å². The first-order valence-electron chi connectivity index (χ1n) is 9.34. The van der Waals surface area contributed by atoms with Gasteiger partial charge in [-0.1, -0.05) is 23.1 Å². The van der Waals surface area contributed by atoms with E-state index in [9.17, 15) is 23.9 Å². The number of halogens is 1. The molecule has 2 aliphatic rings. The SMILES string of the molecule is Cc1nnc(SCC2=C(C(=O)O)N3C(=O)[C@H](NC(=O)COc4ccc(F)cc4)[C@H]3SC2)s1. The predicted octanol–water partition coefficient (Wildman–Crippen LogP) is 1.90. The topological polar surface area (TPSA) is 122 Å². The monoisotopic (exact) mass is 496 g/mol. The summed E-state index contributed by atoms with van der Waals surface area (Å²) in [5.41, 5.74) is 0.579. The molecule has 1 aromatic carbocycles. The van der Waals surface area contributed by atoms with Gasteiger partial charge < -0.3 is 15.2 Å². The number of thioether (sulfide) groups is 2. The molecule has 2 N–H and O–H groups in total. The number of aromatic nitrogens is 2. The van der Waals surface area contributed by atoms with Gasteiger partial charge >= 0.3 is 5.97 Å². The van der Waals surface area contributed by atoms with E-state index in [1.807, 2.05) is 6.92 Å². The van der Waals surface area contributed by atoms with Gasteiger partial charge in [0.1, 0.15) is 33.7 Å². The van der Waals surface area contributed by atoms with Crippen molar-refractivity contribution in [1.82, 2.24) is 20.4 Å². The quantitative estimate of drug-likeness (QED) is 0.417. The van der Waals surface area contributed by atoms with Crippen LogP contribution in [0.4, 0.5) is 4.39 Å². The summed E-state index contributed by atoms with van der Waals surface area (Å²) in [6.07, 6.45) is 0. The molecule has 0 saturated carbocycles. The van der Waals surface area contributed by atoms with Crippen molar-refractivity contribution in [1.29, 1.82) is 0 Å². The van der Waals surface area contributed by atoms with Gasteiger partial charge in [-0.3, -0.25) is 14.5 Å². The van der Waals surface area contributed by atoms with Crippen LogP contribution < -0.4 is 10.1 Å². The third-order valence-corrected chi connectivity index (χ3v) is 8.03. The van der Waals surface area contributed by atoms with Crippen LogP contribution in [0, 0.1) is 12.7 Å². The number of amides is 2. The summed E-state index contributed by atoms with van der Waals surface area (Å²) in [5, 5.41) is 20.6. The maximum atomic E-state index is 12.9. The highest BCUT2D eigenvalue weighted by Gasteiger charge is 2.54. The number of β-lactam (4-membered cyclic amide) rings is 1. The smallest absolute Gasteiger partial charge is 0.352 e. The van der Waals surface area contributed by atoms with Crippen LogP contribution in [-0.2, 0) is 14.4 Å². The Morgan fingerprint density at radius 1 is 1.34 bits per heavy atom. The van der Waals surface area contributed by atoms with Crippen molar-refractivity contribution >= 4 is 52.6 Å². The largest absolute Gasteiger partial charge is 0.484 e. The lowest BCUT2D eigenvalue weighted by Gasteiger charge is -2.49. The van der Waals surface area contributed by atoms with E-state index in [0.717, 1.165) is 9.35 Å². The van der Waals surface area contributed by atoms with Crippen LogP contribution in [0.5, 0.6) is 5.75 Å². The third kappa shape index (κ3) is 4.74. The van der Waals surface area contributed by atoms with Crippen LogP contribution in [0.25, 0.3) is 0 Å². The molecular formula is C19H17FN4O5S3. The molecule has 32 heavy (non-hydrogen) atoms. The molecule has 3 heterocycles. The fourth-order valence-electron chi connectivity index (χ4n) is 3.17. The molecule has 4 rings (SSSR count). The van der Waals surface area contributed by atoms with Crippen LogP contribution in [0.15, 0.2) is 39.9 Å². The first-order chi connectivity index (χ1) is 15.3. The molecule has 1 fully saturated rings. The van der Waals surface area contributed by atoms with Crippen molar-refractivity contribution in [3.8, 4) is 5.75 Å². The number of nitrogens with one attached hydrogen (secondary N) is 1. The van der Waals surface area contributed by atoms with Crippen LogP contribution in [0.3, 0.4) is 0 Å². The number of hydrogen-bond donors (Lipinski definition) is 2. The molecule has 13 heteroatoms. The Morgan fingerprint density at radius 2 is 2.09 bits per heavy atom. The van der Waals surface area contributed by atoms with Crippen LogP contribution >= 0.6 is 34.9 Å². The van der Waals surface area contributed by atoms with Gasteiger partial charge in [0.05, 0.1) is 0 Å². The molecule has 1 saturated heterocycles. The van der Waals surface area contributed by atoms with Gasteiger partial charge in [-0.15, -0.1) is 22.0 Å². The summed E-state index contributed by atoms with van der Waals surface area (Å²) in [6.45, 7) is 1.49. The van der Waals surface area contributed by atoms with E-state index in [4.69, 9.17) is 4.74 Å². The van der Waals surface area contributed by atoms with E-state index < -0.39 is 35.0 Å². The summed E-state index contributed by atoms with van der Waals surface area (Å²) in [4.78, 5) is 38.0. The second-order valence-corrected chi connectivity index (χ2v) is 10.3. The van der Waals surface area contributed by atoms with Crippen molar-refractivity contribution in [3.05, 3.63) is 46.4 Å². The van der Waals surface area contributed by atoms with Gasteiger partial charge in [-0.05, 0) is 36.8 Å². The molecular weight excluding hydrogens is 479 g/mol. The standard InChI is InChI=1S/C19H17FN4O5S3/c1-9-22-23-19(32-9)31-8-10-7-30-17-14(16(26)24(17)15(10)18(27)28)21-13(25)6-29-12-4-2-11(20)3-5-12/h2-5,14,17H,6-8H2,1H3,(H,21,25)(H,27,28)/t14-,17+/m0/s1. The fraction of sp³-hybridized carbons (Fsp3) is 0.316. The first-order valence-corrected chi connectivity index (χ1v) is 12.2. The molecule has 9 nitrogen and oxygen atoms in total. The molecule has 1 aromatic heterocycles. The van der Waals surface area contributed by atoms with Crippen molar-refractivity contribution in [2.45, 2.75) is 22.7 Å². The highest BCUT2D eigenvalue weighted by Crippen LogP contribution is 2.41. The molecule has 0 aliphatic carbocycles. The van der Waals surface area contributed by atoms with Crippen LogP contribution in [0.2, 0.25) is 0 Å². The number of benzene rings is 1. The first kappa shape index (κ1) is 22.6. The number of carboxylic acids is 1. The number of rotatable bonds is 8. The number of aryl methyl sites for hydroxylation is 1. The lowest BCUT2D eigenvalue weighted by Crippen LogP contribution is -2.70. The van der Waals surface area contributed by atoms with Crippen molar-refractivity contribution < 1.29 is 28.6 Å². The van der Waals surface area contributed by atoms with Gasteiger partial charge in [-0.25, -0.2) is 9.18 Å². The average molecular weight is 497 g/mol. The molecule has 2 amide bonds. The molecule has 2 aromatic rings. The van der Waals surface area contributed by atoms with Crippen molar-refractivity contribution in [2.24, 2.45) is 0 Å². The Kier molecular flexibility index (Phi) is 6.67. The van der Waals surface area contributed by atoms with Crippen LogP contribution in [0.1, 0.15) is 5.01 Å². The second kappa shape index (κ2) is 9.46. The Labute approximate surface area is 194 Å². The summed E-state index contributed by atoms with van der Waals surface area (Å²) in [7, 11) is 0. The van der Waals surface area contributed by atoms with E-state index in [1.165, 1.54) is 64.0 Å². The van der Waals surface area contributed by atoms with Crippen molar-refractivity contribution in [2.75, 3.05) is 18.1 Å². The second-order valence-electron chi connectivity index (χ2n) is 6.83. The number of carbonyl (C=O) groups excluding carboxylic acids is 2. The molecule has 2 atom stereocenters. The fourth-order valence-corrected chi connectivity index (χ4v) is 6.48. The van der Waals surface area contributed by atoms with Crippen LogP contribution in [-0.4, -0.2) is 67.5 Å². The minimum absolute atomic E-state index is 0.0412. The zero-order chi connectivity index (χ0) is 22.8. The van der Waals surface area contributed by atoms with Gasteiger partial charge in [-0.2, -0.15) is 0 Å². The number of carboxylic acid groups (broad SMARTS) is 1. The third-order valence-electron chi connectivity index (χ3n) is 4.63. The van der Waals surface area contributed by atoms with E-state index >= 15 is 0 Å². The van der Waals surface area contributed by atoms with Crippen molar-refractivity contribution in [3.63, 3.8) is 0 Å². The van der Waals surface area contributed by atoms with E-state index in [1.54, 1.807) is 0 Å². The lowest BCUT2D eigenvalue weighted by molar-refractivity contribution is -0.150. The average Bonchev–Trinajstić information content (AvgIpc) is 3.19. The number of hydrogen-bond acceptors (Lipinski definition) is 9. The number of nitrogens with zero attached hydrogens (tertiary/aromatic N) is 3. The highest BCUT2D eigenvalue weighted by atomic mass is 32.2. The Balaban J connectivity index is 1.37. The molecule has 0 unspecified atom stereocenters. The Bertz CT molecular complexity index is 1090. The van der Waals surface area contributed by atoms with E-state index in [2.05, 4.69) is 15.5 Å². The number of carbonyl (C=O) groups is 3. The maximum absolute atomic E-state index is 12.9. The molecule has 0 radical (unpaired) electrons. The lowest BCUT2D eigenvalue weighted by atomic mass is 10.0. The Hall–Kier alpha value is -2.64. The predicted molar refractivity (Wildman–Crippen MR) is 117 cm³/mol. The van der Waals surface area contributed by atoms with E-state index in [-0.39, 0.29) is 12.3 Å². The normalized spacial score (nSPS) is 19.9. The summed E-state index contributed by atoms with van der Waals surface area (Å²) in [5.74, 6) is -1.50. The molecule has 168 valence electrons. The minimum atomic E-state index is -1.18.